The Morgan fingerprint density at radius 1 is 1.32 bits per heavy atom. The molecule has 4 heteroatoms. The van der Waals surface area contributed by atoms with E-state index >= 15 is 0 Å². The first-order valence-electron chi connectivity index (χ1n) is 6.82. The Hall–Kier alpha value is -1.60. The van der Waals surface area contributed by atoms with Gasteiger partial charge in [-0.25, -0.2) is 0 Å². The first kappa shape index (κ1) is 12.4. The van der Waals surface area contributed by atoms with Gasteiger partial charge in [0, 0.05) is 11.7 Å². The number of nitrogens with one attached hydrogen (secondary N) is 2. The highest BCUT2D eigenvalue weighted by molar-refractivity contribution is 7.80. The highest BCUT2D eigenvalue weighted by Gasteiger charge is 2.39. The van der Waals surface area contributed by atoms with E-state index in [1.807, 2.05) is 18.2 Å². The molecule has 0 spiro atoms. The molecule has 0 amide bonds. The lowest BCUT2D eigenvalue weighted by Crippen LogP contribution is -2.40. The number of anilines is 1. The molecule has 2 aliphatic carbocycles. The summed E-state index contributed by atoms with van der Waals surface area (Å²) in [6.07, 6.45) is 5.36. The summed E-state index contributed by atoms with van der Waals surface area (Å²) in [5.41, 5.74) is 1.52. The normalized spacial score (nSPS) is 27.8. The summed E-state index contributed by atoms with van der Waals surface area (Å²) in [5.74, 6) is 1.71. The Morgan fingerprint density at radius 2 is 2.21 bits per heavy atom. The van der Waals surface area contributed by atoms with Crippen molar-refractivity contribution in [2.45, 2.75) is 31.7 Å². The number of nitrogens with zero attached hydrogens (tertiary/aromatic N) is 1. The van der Waals surface area contributed by atoms with Crippen LogP contribution < -0.4 is 10.6 Å². The molecule has 0 aromatic heterocycles. The molecule has 2 saturated carbocycles. The summed E-state index contributed by atoms with van der Waals surface area (Å²) in [7, 11) is 0. The van der Waals surface area contributed by atoms with Crippen LogP contribution in [0.5, 0.6) is 0 Å². The Labute approximate surface area is 119 Å². The van der Waals surface area contributed by atoms with Crippen LogP contribution in [0.4, 0.5) is 5.69 Å². The summed E-state index contributed by atoms with van der Waals surface area (Å²) in [6, 6.07) is 10.1. The molecule has 98 valence electrons. The third kappa shape index (κ3) is 2.71. The van der Waals surface area contributed by atoms with Gasteiger partial charge in [-0.3, -0.25) is 0 Å². The predicted molar refractivity (Wildman–Crippen MR) is 79.7 cm³/mol. The van der Waals surface area contributed by atoms with E-state index in [4.69, 9.17) is 17.5 Å². The fourth-order valence-electron chi connectivity index (χ4n) is 3.42. The van der Waals surface area contributed by atoms with Crippen molar-refractivity contribution in [1.29, 1.82) is 5.26 Å². The van der Waals surface area contributed by atoms with E-state index in [0.717, 1.165) is 17.5 Å². The van der Waals surface area contributed by atoms with Crippen molar-refractivity contribution in [1.82, 2.24) is 5.32 Å². The van der Waals surface area contributed by atoms with Gasteiger partial charge in [0.25, 0.3) is 0 Å². The molecule has 0 unspecified atom stereocenters. The maximum atomic E-state index is 8.87. The molecule has 0 heterocycles. The van der Waals surface area contributed by atoms with Crippen LogP contribution in [0.1, 0.15) is 31.2 Å². The molecule has 3 atom stereocenters. The lowest BCUT2D eigenvalue weighted by Gasteiger charge is -2.24. The summed E-state index contributed by atoms with van der Waals surface area (Å²) in [5, 5.41) is 16.2. The van der Waals surface area contributed by atoms with E-state index in [-0.39, 0.29) is 0 Å². The quantitative estimate of drug-likeness (QED) is 0.812. The van der Waals surface area contributed by atoms with Gasteiger partial charge in [0.1, 0.15) is 0 Å². The first-order valence-corrected chi connectivity index (χ1v) is 7.23. The van der Waals surface area contributed by atoms with Crippen molar-refractivity contribution >= 4 is 23.0 Å². The average Bonchev–Trinajstić information content (AvgIpc) is 3.01. The Bertz CT molecular complexity index is 534. The molecule has 1 aromatic rings. The Morgan fingerprint density at radius 3 is 2.89 bits per heavy atom. The summed E-state index contributed by atoms with van der Waals surface area (Å²) in [4.78, 5) is 0. The number of rotatable bonds is 2. The molecular weight excluding hydrogens is 254 g/mol. The zero-order valence-electron chi connectivity index (χ0n) is 10.7. The van der Waals surface area contributed by atoms with Crippen LogP contribution in [-0.4, -0.2) is 11.2 Å². The monoisotopic (exact) mass is 271 g/mol. The standard InChI is InChI=1S/C15H17N3S/c16-9-11-2-1-3-13(7-11)17-15(19)18-14-8-10-4-5-12(14)6-10/h1-3,7,10,12,14H,4-6,8H2,(H2,17,18,19)/t10-,12-,14+/m1/s1. The van der Waals surface area contributed by atoms with Gasteiger partial charge in [0.05, 0.1) is 11.6 Å². The smallest absolute Gasteiger partial charge is 0.171 e. The van der Waals surface area contributed by atoms with Crippen LogP contribution in [0.15, 0.2) is 24.3 Å². The van der Waals surface area contributed by atoms with Crippen LogP contribution in [0.2, 0.25) is 0 Å². The van der Waals surface area contributed by atoms with E-state index in [9.17, 15) is 0 Å². The Balaban J connectivity index is 1.58. The SMILES string of the molecule is N#Cc1cccc(NC(=S)N[C@H]2C[C@@H]3CC[C@@H]2C3)c1. The number of thiocarbonyl (C=S) groups is 1. The molecule has 3 rings (SSSR count). The average molecular weight is 271 g/mol. The fourth-order valence-corrected chi connectivity index (χ4v) is 3.69. The van der Waals surface area contributed by atoms with Crippen molar-refractivity contribution < 1.29 is 0 Å². The van der Waals surface area contributed by atoms with Crippen molar-refractivity contribution in [3.8, 4) is 6.07 Å². The van der Waals surface area contributed by atoms with Crippen LogP contribution in [-0.2, 0) is 0 Å². The summed E-state index contributed by atoms with van der Waals surface area (Å²) in [6.45, 7) is 0. The number of nitriles is 1. The van der Waals surface area contributed by atoms with Crippen LogP contribution in [0, 0.1) is 23.2 Å². The van der Waals surface area contributed by atoms with Gasteiger partial charge in [0.2, 0.25) is 0 Å². The molecule has 19 heavy (non-hydrogen) atoms. The van der Waals surface area contributed by atoms with Crippen LogP contribution in [0.3, 0.4) is 0 Å². The second kappa shape index (κ2) is 5.18. The highest BCUT2D eigenvalue weighted by Crippen LogP contribution is 2.44. The molecule has 2 fully saturated rings. The van der Waals surface area contributed by atoms with Gasteiger partial charge in [0.15, 0.2) is 5.11 Å². The third-order valence-corrected chi connectivity index (χ3v) is 4.52. The number of hydrogen-bond acceptors (Lipinski definition) is 2. The van der Waals surface area contributed by atoms with Crippen molar-refractivity contribution in [2.75, 3.05) is 5.32 Å². The van der Waals surface area contributed by atoms with Gasteiger partial charge in [-0.2, -0.15) is 5.26 Å². The third-order valence-electron chi connectivity index (χ3n) is 4.30. The van der Waals surface area contributed by atoms with Crippen molar-refractivity contribution in [3.63, 3.8) is 0 Å². The minimum absolute atomic E-state index is 0.540. The van der Waals surface area contributed by atoms with Crippen LogP contribution in [0.25, 0.3) is 0 Å². The minimum atomic E-state index is 0.540. The minimum Gasteiger partial charge on any atom is -0.359 e. The van der Waals surface area contributed by atoms with E-state index in [0.29, 0.717) is 16.7 Å². The molecular formula is C15H17N3S. The topological polar surface area (TPSA) is 47.9 Å². The largest absolute Gasteiger partial charge is 0.359 e. The van der Waals surface area contributed by atoms with Crippen molar-refractivity contribution in [3.05, 3.63) is 29.8 Å². The van der Waals surface area contributed by atoms with Gasteiger partial charge < -0.3 is 10.6 Å². The zero-order valence-corrected chi connectivity index (χ0v) is 11.5. The molecule has 2 N–H and O–H groups in total. The van der Waals surface area contributed by atoms with Gasteiger partial charge in [-0.15, -0.1) is 0 Å². The van der Waals surface area contributed by atoms with Gasteiger partial charge in [-0.05, 0) is 61.5 Å². The van der Waals surface area contributed by atoms with Gasteiger partial charge >= 0.3 is 0 Å². The molecule has 0 radical (unpaired) electrons. The number of benzene rings is 1. The lowest BCUT2D eigenvalue weighted by atomic mass is 9.96. The second-order valence-electron chi connectivity index (χ2n) is 5.57. The molecule has 3 nitrogen and oxygen atoms in total. The molecule has 1 aromatic carbocycles. The maximum Gasteiger partial charge on any atom is 0.171 e. The first-order chi connectivity index (χ1) is 9.24. The van der Waals surface area contributed by atoms with Gasteiger partial charge in [-0.1, -0.05) is 12.5 Å². The predicted octanol–water partition coefficient (Wildman–Crippen LogP) is 3.03. The van der Waals surface area contributed by atoms with Crippen molar-refractivity contribution in [2.24, 2.45) is 11.8 Å². The number of hydrogen-bond donors (Lipinski definition) is 2. The lowest BCUT2D eigenvalue weighted by molar-refractivity contribution is 0.392. The maximum absolute atomic E-state index is 8.87. The van der Waals surface area contributed by atoms with E-state index in [1.54, 1.807) is 6.07 Å². The van der Waals surface area contributed by atoms with E-state index in [1.165, 1.54) is 25.7 Å². The summed E-state index contributed by atoms with van der Waals surface area (Å²) >= 11 is 5.36. The molecule has 0 saturated heterocycles. The van der Waals surface area contributed by atoms with Crippen LogP contribution >= 0.6 is 12.2 Å². The van der Waals surface area contributed by atoms with E-state index < -0.39 is 0 Å². The van der Waals surface area contributed by atoms with E-state index in [2.05, 4.69) is 16.7 Å². The molecule has 2 bridgehead atoms. The highest BCUT2D eigenvalue weighted by atomic mass is 32.1. The number of fused-ring (bicyclic) bond motifs is 2. The second-order valence-corrected chi connectivity index (χ2v) is 5.98. The molecule has 0 aliphatic heterocycles. The fraction of sp³-hybridized carbons (Fsp3) is 0.467. The summed E-state index contributed by atoms with van der Waals surface area (Å²) < 4.78 is 0. The zero-order chi connectivity index (χ0) is 13.2. The Kier molecular flexibility index (Phi) is 3.39. The molecule has 2 aliphatic rings.